The van der Waals surface area contributed by atoms with Crippen LogP contribution >= 0.6 is 0 Å². The van der Waals surface area contributed by atoms with E-state index < -0.39 is 6.10 Å². The Kier molecular flexibility index (Phi) is 2.52. The monoisotopic (exact) mass is 84.1 g/mol. The molecule has 0 aliphatic heterocycles. The normalized spacial score (nSPS) is 11.8. The Morgan fingerprint density at radius 1 is 1.67 bits per heavy atom. The van der Waals surface area contributed by atoms with Gasteiger partial charge >= 0.3 is 0 Å². The van der Waals surface area contributed by atoms with Gasteiger partial charge in [-0.3, -0.25) is 0 Å². The predicted molar refractivity (Wildman–Crippen MR) is 25.1 cm³/mol. The Morgan fingerprint density at radius 2 is 2.17 bits per heavy atom. The smallest absolute Gasteiger partial charge is 0.111 e. The average molecular weight is 84.1 g/mol. The maximum absolute atomic E-state index is 8.38. The summed E-state index contributed by atoms with van der Waals surface area (Å²) in [6, 6.07) is 0. The molecule has 0 bridgehead atoms. The first-order valence-corrected chi connectivity index (χ1v) is 1.87. The largest absolute Gasteiger partial charge is 0.381 e. The SMILES string of the molecule is CC#CC(C)O. The van der Waals surface area contributed by atoms with E-state index in [0.29, 0.717) is 0 Å². The molecule has 1 unspecified atom stereocenters. The molecule has 0 rings (SSSR count). The molecule has 6 heavy (non-hydrogen) atoms. The second-order valence-electron chi connectivity index (χ2n) is 1.07. The van der Waals surface area contributed by atoms with Crippen LogP contribution in [0.25, 0.3) is 0 Å². The van der Waals surface area contributed by atoms with Crippen molar-refractivity contribution in [3.63, 3.8) is 0 Å². The van der Waals surface area contributed by atoms with Crippen LogP contribution in [0.3, 0.4) is 0 Å². The van der Waals surface area contributed by atoms with Crippen LogP contribution in [-0.2, 0) is 0 Å². The second kappa shape index (κ2) is 2.74. The fraction of sp³-hybridized carbons (Fsp3) is 0.600. The van der Waals surface area contributed by atoms with Gasteiger partial charge < -0.3 is 5.11 Å². The molecule has 1 nitrogen and oxygen atoms in total. The molecule has 0 saturated carbocycles. The molecule has 0 spiro atoms. The van der Waals surface area contributed by atoms with E-state index in [-0.39, 0.29) is 0 Å². The van der Waals surface area contributed by atoms with Crippen LogP contribution in [0.1, 0.15) is 13.8 Å². The van der Waals surface area contributed by atoms with Crippen molar-refractivity contribution in [3.8, 4) is 11.8 Å². The van der Waals surface area contributed by atoms with E-state index in [0.717, 1.165) is 0 Å². The quantitative estimate of drug-likeness (QED) is 0.421. The molecule has 34 valence electrons. The van der Waals surface area contributed by atoms with Crippen LogP contribution in [0.15, 0.2) is 0 Å². The van der Waals surface area contributed by atoms with Crippen LogP contribution in [0.4, 0.5) is 0 Å². The number of aliphatic hydroxyl groups excluding tert-OH is 1. The third kappa shape index (κ3) is 3.52. The van der Waals surface area contributed by atoms with Crippen molar-refractivity contribution in [2.24, 2.45) is 0 Å². The Hall–Kier alpha value is -0.480. The first kappa shape index (κ1) is 5.52. The lowest BCUT2D eigenvalue weighted by Crippen LogP contribution is -1.91. The van der Waals surface area contributed by atoms with Gasteiger partial charge in [-0.1, -0.05) is 5.92 Å². The third-order valence-electron chi connectivity index (χ3n) is 0.353. The molecule has 1 N–H and O–H groups in total. The van der Waals surface area contributed by atoms with Gasteiger partial charge in [0.1, 0.15) is 6.10 Å². The van der Waals surface area contributed by atoms with Crippen LogP contribution in [0, 0.1) is 11.8 Å². The highest BCUT2D eigenvalue weighted by Crippen LogP contribution is 1.69. The van der Waals surface area contributed by atoms with E-state index >= 15 is 0 Å². The van der Waals surface area contributed by atoms with Crippen molar-refractivity contribution in [1.82, 2.24) is 0 Å². The maximum atomic E-state index is 8.38. The van der Waals surface area contributed by atoms with E-state index in [1.165, 1.54) is 0 Å². The van der Waals surface area contributed by atoms with Gasteiger partial charge in [0, 0.05) is 0 Å². The van der Waals surface area contributed by atoms with Gasteiger partial charge in [0.25, 0.3) is 0 Å². The highest BCUT2D eigenvalue weighted by atomic mass is 16.3. The molecule has 0 aromatic heterocycles. The molecule has 0 aliphatic carbocycles. The van der Waals surface area contributed by atoms with Crippen LogP contribution in [0.2, 0.25) is 0 Å². The van der Waals surface area contributed by atoms with E-state index in [1.807, 2.05) is 0 Å². The fourth-order valence-electron chi connectivity index (χ4n) is 0.209. The molecule has 1 heteroatoms. The van der Waals surface area contributed by atoms with Gasteiger partial charge in [-0.2, -0.15) is 0 Å². The zero-order chi connectivity index (χ0) is 4.99. The summed E-state index contributed by atoms with van der Waals surface area (Å²) < 4.78 is 0. The minimum absolute atomic E-state index is 0.463. The molecule has 0 amide bonds. The average Bonchev–Trinajstić information content (AvgIpc) is 1.35. The van der Waals surface area contributed by atoms with E-state index in [1.54, 1.807) is 13.8 Å². The zero-order valence-electron chi connectivity index (χ0n) is 4.02. The predicted octanol–water partition coefficient (Wildman–Crippen LogP) is 0.391. The first-order chi connectivity index (χ1) is 2.77. The van der Waals surface area contributed by atoms with Gasteiger partial charge in [-0.05, 0) is 13.8 Å². The summed E-state index contributed by atoms with van der Waals surface area (Å²) in [6.07, 6.45) is -0.463. The van der Waals surface area contributed by atoms with Crippen LogP contribution < -0.4 is 0 Å². The summed E-state index contributed by atoms with van der Waals surface area (Å²) in [5.74, 6) is 5.08. The number of rotatable bonds is 0. The zero-order valence-corrected chi connectivity index (χ0v) is 4.02. The molecule has 0 radical (unpaired) electrons. The fourth-order valence-corrected chi connectivity index (χ4v) is 0.209. The van der Waals surface area contributed by atoms with E-state index in [4.69, 9.17) is 5.11 Å². The second-order valence-corrected chi connectivity index (χ2v) is 1.07. The highest BCUT2D eigenvalue weighted by molar-refractivity contribution is 4.99. The lowest BCUT2D eigenvalue weighted by Gasteiger charge is -1.82. The molecular weight excluding hydrogens is 76.1 g/mol. The van der Waals surface area contributed by atoms with Crippen molar-refractivity contribution in [2.75, 3.05) is 0 Å². The summed E-state index contributed by atoms with van der Waals surface area (Å²) >= 11 is 0. The minimum atomic E-state index is -0.463. The molecule has 0 fully saturated rings. The summed E-state index contributed by atoms with van der Waals surface area (Å²) in [5.41, 5.74) is 0. The molecule has 0 aliphatic rings. The van der Waals surface area contributed by atoms with E-state index in [2.05, 4.69) is 11.8 Å². The number of hydrogen-bond acceptors (Lipinski definition) is 1. The molecule has 0 heterocycles. The third-order valence-corrected chi connectivity index (χ3v) is 0.353. The molecular formula is C5H8O. The molecule has 0 aromatic rings. The van der Waals surface area contributed by atoms with Crippen LogP contribution in [0.5, 0.6) is 0 Å². The van der Waals surface area contributed by atoms with Crippen molar-refractivity contribution >= 4 is 0 Å². The lowest BCUT2D eigenvalue weighted by atomic mass is 10.4. The number of aliphatic hydroxyl groups is 1. The molecule has 0 aromatic carbocycles. The summed E-state index contributed by atoms with van der Waals surface area (Å²) in [5, 5.41) is 8.38. The maximum Gasteiger partial charge on any atom is 0.111 e. The standard InChI is InChI=1S/C5H8O/c1-3-4-5(2)6/h5-6H,1-2H3. The Morgan fingerprint density at radius 3 is 2.17 bits per heavy atom. The Balaban J connectivity index is 3.20. The summed E-state index contributed by atoms with van der Waals surface area (Å²) in [6.45, 7) is 3.34. The van der Waals surface area contributed by atoms with Gasteiger partial charge in [0.2, 0.25) is 0 Å². The van der Waals surface area contributed by atoms with Crippen molar-refractivity contribution < 1.29 is 5.11 Å². The highest BCUT2D eigenvalue weighted by Gasteiger charge is 1.77. The van der Waals surface area contributed by atoms with E-state index in [9.17, 15) is 0 Å². The van der Waals surface area contributed by atoms with Gasteiger partial charge in [-0.15, -0.1) is 5.92 Å². The van der Waals surface area contributed by atoms with Crippen molar-refractivity contribution in [2.45, 2.75) is 20.0 Å². The Bertz CT molecular complexity index is 73.7. The number of hydrogen-bond donors (Lipinski definition) is 1. The van der Waals surface area contributed by atoms with Crippen molar-refractivity contribution in [3.05, 3.63) is 0 Å². The van der Waals surface area contributed by atoms with Crippen LogP contribution in [-0.4, -0.2) is 11.2 Å². The Labute approximate surface area is 38.0 Å². The first-order valence-electron chi connectivity index (χ1n) is 1.87. The summed E-state index contributed by atoms with van der Waals surface area (Å²) in [7, 11) is 0. The minimum Gasteiger partial charge on any atom is -0.381 e. The van der Waals surface area contributed by atoms with Crippen molar-refractivity contribution in [1.29, 1.82) is 0 Å². The summed E-state index contributed by atoms with van der Waals surface area (Å²) in [4.78, 5) is 0. The van der Waals surface area contributed by atoms with Gasteiger partial charge in [0.05, 0.1) is 0 Å². The van der Waals surface area contributed by atoms with Gasteiger partial charge in [0.15, 0.2) is 0 Å². The topological polar surface area (TPSA) is 20.2 Å². The molecule has 1 atom stereocenters. The molecule has 0 saturated heterocycles. The lowest BCUT2D eigenvalue weighted by molar-refractivity contribution is 0.253. The van der Waals surface area contributed by atoms with Gasteiger partial charge in [-0.25, -0.2) is 0 Å².